The van der Waals surface area contributed by atoms with Crippen molar-refractivity contribution < 1.29 is 14.3 Å². The van der Waals surface area contributed by atoms with Crippen molar-refractivity contribution in [2.75, 3.05) is 55.9 Å². The third kappa shape index (κ3) is 5.80. The summed E-state index contributed by atoms with van der Waals surface area (Å²) < 4.78 is 11.5. The van der Waals surface area contributed by atoms with E-state index >= 15 is 0 Å². The number of nitrogens with one attached hydrogen (secondary N) is 2. The van der Waals surface area contributed by atoms with E-state index in [2.05, 4.69) is 45.1 Å². The van der Waals surface area contributed by atoms with E-state index in [-0.39, 0.29) is 11.1 Å². The van der Waals surface area contributed by atoms with Gasteiger partial charge in [0.2, 0.25) is 11.0 Å². The first-order chi connectivity index (χ1) is 16.4. The first-order valence-corrected chi connectivity index (χ1v) is 11.9. The lowest BCUT2D eigenvalue weighted by molar-refractivity contribution is -0.111. The molecule has 0 spiro atoms. The maximum absolute atomic E-state index is 11.5. The zero-order chi connectivity index (χ0) is 24.1. The zero-order valence-corrected chi connectivity index (χ0v) is 20.6. The molecule has 1 fully saturated rings. The molecule has 3 aromatic rings. The number of halogens is 1. The Hall–Kier alpha value is -3.27. The molecule has 0 bridgehead atoms. The summed E-state index contributed by atoms with van der Waals surface area (Å²) in [6.45, 7) is 7.48. The third-order valence-electron chi connectivity index (χ3n) is 5.35. The second kappa shape index (κ2) is 10.8. The van der Waals surface area contributed by atoms with E-state index in [1.165, 1.54) is 17.4 Å². The van der Waals surface area contributed by atoms with Gasteiger partial charge in [-0.15, -0.1) is 0 Å². The Morgan fingerprint density at radius 3 is 2.74 bits per heavy atom. The number of carbonyl (C=O) groups excluding carboxylic acids is 1. The topological polar surface area (TPSA) is 79.0 Å². The number of ether oxygens (including phenoxy) is 2. The molecule has 8 nitrogen and oxygen atoms in total. The summed E-state index contributed by atoms with van der Waals surface area (Å²) in [6.07, 6.45) is 1.21. The van der Waals surface area contributed by atoms with Gasteiger partial charge in [0.15, 0.2) is 10.3 Å². The average Bonchev–Trinajstić information content (AvgIpc) is 3.18. The molecule has 0 atom stereocenters. The Bertz CT molecular complexity index is 1180. The number of rotatable bonds is 8. The summed E-state index contributed by atoms with van der Waals surface area (Å²) in [5.41, 5.74) is 2.50. The Morgan fingerprint density at radius 2 is 2.00 bits per heavy atom. The highest BCUT2D eigenvalue weighted by Gasteiger charge is 2.17. The monoisotopic (exact) mass is 499 g/mol. The SMILES string of the molecule is C=CC(=O)Nc1cccc(Oc2sc(Nc3ccc(N4CCN(C)CC4)cc3OC)nc2Cl)c1. The fourth-order valence-corrected chi connectivity index (χ4v) is 4.53. The molecule has 1 amide bonds. The molecule has 0 saturated carbocycles. The second-order valence-corrected chi connectivity index (χ2v) is 9.04. The average molecular weight is 500 g/mol. The van der Waals surface area contributed by atoms with Crippen molar-refractivity contribution in [3.63, 3.8) is 0 Å². The minimum Gasteiger partial charge on any atom is -0.494 e. The van der Waals surface area contributed by atoms with E-state index in [1.54, 1.807) is 31.4 Å². The summed E-state index contributed by atoms with van der Waals surface area (Å²) in [5, 5.41) is 7.22. The molecular formula is C24H26ClN5O3S. The molecule has 1 saturated heterocycles. The van der Waals surface area contributed by atoms with Gasteiger partial charge in [-0.05, 0) is 37.4 Å². The van der Waals surface area contributed by atoms with Crippen LogP contribution in [0.25, 0.3) is 0 Å². The second-order valence-electron chi connectivity index (χ2n) is 7.72. The number of thiazole rings is 1. The maximum atomic E-state index is 11.5. The lowest BCUT2D eigenvalue weighted by atomic mass is 10.2. The molecular weight excluding hydrogens is 474 g/mol. The molecule has 1 aliphatic heterocycles. The molecule has 1 aliphatic rings. The number of carbonyl (C=O) groups is 1. The van der Waals surface area contributed by atoms with Crippen molar-refractivity contribution in [2.45, 2.75) is 0 Å². The summed E-state index contributed by atoms with van der Waals surface area (Å²) >= 11 is 7.60. The number of aromatic nitrogens is 1. The van der Waals surface area contributed by atoms with E-state index < -0.39 is 0 Å². The molecule has 2 heterocycles. The fourth-order valence-electron chi connectivity index (χ4n) is 3.50. The number of hydrogen-bond acceptors (Lipinski definition) is 8. The highest BCUT2D eigenvalue weighted by molar-refractivity contribution is 7.18. The minimum absolute atomic E-state index is 0.237. The van der Waals surface area contributed by atoms with Crippen LogP contribution in [0.2, 0.25) is 5.15 Å². The predicted molar refractivity (Wildman–Crippen MR) is 138 cm³/mol. The first kappa shape index (κ1) is 23.9. The number of methoxy groups -OCH3 is 1. The minimum atomic E-state index is -0.299. The Morgan fingerprint density at radius 1 is 1.21 bits per heavy atom. The zero-order valence-electron chi connectivity index (χ0n) is 19.0. The smallest absolute Gasteiger partial charge is 0.247 e. The van der Waals surface area contributed by atoms with Crippen LogP contribution in [0.5, 0.6) is 16.6 Å². The van der Waals surface area contributed by atoms with Crippen LogP contribution in [0.4, 0.5) is 22.2 Å². The Balaban J connectivity index is 1.47. The largest absolute Gasteiger partial charge is 0.494 e. The van der Waals surface area contributed by atoms with Crippen LogP contribution in [-0.2, 0) is 4.79 Å². The molecule has 34 heavy (non-hydrogen) atoms. The molecule has 4 rings (SSSR count). The van der Waals surface area contributed by atoms with E-state index in [1.807, 2.05) is 12.1 Å². The quantitative estimate of drug-likeness (QED) is 0.411. The highest BCUT2D eigenvalue weighted by Crippen LogP contribution is 2.41. The van der Waals surface area contributed by atoms with Crippen LogP contribution in [0.1, 0.15) is 0 Å². The molecule has 0 unspecified atom stereocenters. The van der Waals surface area contributed by atoms with Gasteiger partial charge in [-0.2, -0.15) is 0 Å². The number of anilines is 4. The van der Waals surface area contributed by atoms with E-state index in [9.17, 15) is 4.79 Å². The number of nitrogens with zero attached hydrogens (tertiary/aromatic N) is 3. The van der Waals surface area contributed by atoms with Crippen molar-refractivity contribution >= 4 is 51.0 Å². The van der Waals surface area contributed by atoms with Gasteiger partial charge in [-0.25, -0.2) is 4.98 Å². The van der Waals surface area contributed by atoms with Crippen LogP contribution in [-0.4, -0.2) is 56.1 Å². The van der Waals surface area contributed by atoms with Gasteiger partial charge in [-0.1, -0.05) is 35.6 Å². The van der Waals surface area contributed by atoms with E-state index in [0.717, 1.165) is 43.3 Å². The van der Waals surface area contributed by atoms with Gasteiger partial charge < -0.3 is 29.9 Å². The van der Waals surface area contributed by atoms with Crippen molar-refractivity contribution in [1.29, 1.82) is 0 Å². The van der Waals surface area contributed by atoms with E-state index in [0.29, 0.717) is 21.6 Å². The molecule has 1 aromatic heterocycles. The lowest BCUT2D eigenvalue weighted by Gasteiger charge is -2.34. The maximum Gasteiger partial charge on any atom is 0.247 e. The van der Waals surface area contributed by atoms with Crippen LogP contribution in [0, 0.1) is 0 Å². The molecule has 0 aliphatic carbocycles. The number of amides is 1. The number of likely N-dealkylation sites (N-methyl/N-ethyl adjacent to an activating group) is 1. The molecule has 10 heteroatoms. The summed E-state index contributed by atoms with van der Waals surface area (Å²) in [5.74, 6) is 0.941. The third-order valence-corrected chi connectivity index (χ3v) is 6.57. The summed E-state index contributed by atoms with van der Waals surface area (Å²) in [7, 11) is 3.79. The summed E-state index contributed by atoms with van der Waals surface area (Å²) in [4.78, 5) is 20.6. The van der Waals surface area contributed by atoms with Gasteiger partial charge in [0, 0.05) is 49.7 Å². The number of hydrogen-bond donors (Lipinski definition) is 2. The van der Waals surface area contributed by atoms with Gasteiger partial charge in [0.05, 0.1) is 12.8 Å². The lowest BCUT2D eigenvalue weighted by Crippen LogP contribution is -2.44. The van der Waals surface area contributed by atoms with Gasteiger partial charge >= 0.3 is 0 Å². The molecule has 0 radical (unpaired) electrons. The Kier molecular flexibility index (Phi) is 7.56. The fraction of sp³-hybridized carbons (Fsp3) is 0.250. The van der Waals surface area contributed by atoms with Crippen LogP contribution >= 0.6 is 22.9 Å². The predicted octanol–water partition coefficient (Wildman–Crippen LogP) is 5.22. The van der Waals surface area contributed by atoms with Gasteiger partial charge in [0.1, 0.15) is 11.5 Å². The Labute approximate surface area is 207 Å². The van der Waals surface area contributed by atoms with Crippen molar-refractivity contribution in [1.82, 2.24) is 9.88 Å². The van der Waals surface area contributed by atoms with Crippen molar-refractivity contribution in [3.05, 3.63) is 60.3 Å². The first-order valence-electron chi connectivity index (χ1n) is 10.7. The van der Waals surface area contributed by atoms with Gasteiger partial charge in [0.25, 0.3) is 0 Å². The van der Waals surface area contributed by atoms with Crippen molar-refractivity contribution in [2.24, 2.45) is 0 Å². The van der Waals surface area contributed by atoms with E-state index in [4.69, 9.17) is 21.1 Å². The molecule has 2 N–H and O–H groups in total. The number of benzene rings is 2. The van der Waals surface area contributed by atoms with Crippen molar-refractivity contribution in [3.8, 4) is 16.6 Å². The normalized spacial score (nSPS) is 13.9. The standard InChI is InChI=1S/C24H26ClN5O3S/c1-4-21(31)26-16-6-5-7-18(14-16)33-23-22(25)28-24(34-23)27-19-9-8-17(15-20(19)32-3)30-12-10-29(2)11-13-30/h4-9,14-15H,1,10-13H2,2-3H3,(H,26,31)(H,27,28). The van der Waals surface area contributed by atoms with Crippen LogP contribution in [0.3, 0.4) is 0 Å². The molecule has 2 aromatic carbocycles. The number of piperazine rings is 1. The highest BCUT2D eigenvalue weighted by atomic mass is 35.5. The van der Waals surface area contributed by atoms with Crippen LogP contribution < -0.4 is 25.0 Å². The summed E-state index contributed by atoms with van der Waals surface area (Å²) in [6, 6.07) is 13.1. The van der Waals surface area contributed by atoms with Gasteiger partial charge in [-0.3, -0.25) is 4.79 Å². The molecule has 178 valence electrons. The van der Waals surface area contributed by atoms with Crippen LogP contribution in [0.15, 0.2) is 55.1 Å².